The van der Waals surface area contributed by atoms with Gasteiger partial charge in [0.05, 0.1) is 29.6 Å². The van der Waals surface area contributed by atoms with Gasteiger partial charge in [0.25, 0.3) is 5.91 Å². The molecule has 0 atom stereocenters. The quantitative estimate of drug-likeness (QED) is 0.421. The molecule has 1 aromatic heterocycles. The smallest absolute Gasteiger partial charge is 0.339 e. The van der Waals surface area contributed by atoms with Crippen LogP contribution in [0.15, 0.2) is 91.0 Å². The topological polar surface area (TPSA) is 99.5 Å². The van der Waals surface area contributed by atoms with E-state index in [1.807, 2.05) is 60.7 Å². The van der Waals surface area contributed by atoms with Crippen LogP contribution in [0.2, 0.25) is 0 Å². The molecule has 0 aliphatic heterocycles. The second-order valence-corrected chi connectivity index (χ2v) is 7.19. The van der Waals surface area contributed by atoms with E-state index < -0.39 is 24.5 Å². The molecular weight excluding hydrogens is 434 g/mol. The van der Waals surface area contributed by atoms with Crippen LogP contribution in [0.1, 0.15) is 20.7 Å². The third kappa shape index (κ3) is 5.02. The average Bonchev–Trinajstić information content (AvgIpc) is 3.31. The monoisotopic (exact) mass is 455 g/mol. The lowest BCUT2D eigenvalue weighted by Gasteiger charge is -2.10. The summed E-state index contributed by atoms with van der Waals surface area (Å²) in [6, 6.07) is 26.7. The number of ether oxygens (including phenoxy) is 2. The summed E-state index contributed by atoms with van der Waals surface area (Å²) in [5.74, 6) is -1.61. The predicted octanol–water partition coefficient (Wildman–Crippen LogP) is 4.12. The molecule has 0 bridgehead atoms. The SMILES string of the molecule is COC(=O)c1ccccc1C(=O)OCC(=O)Nc1cc(-c2ccccc2)nn1-c1ccccc1. The molecule has 170 valence electrons. The minimum absolute atomic E-state index is 0.0165. The second kappa shape index (κ2) is 10.3. The zero-order valence-electron chi connectivity index (χ0n) is 18.3. The first-order valence-corrected chi connectivity index (χ1v) is 10.4. The Morgan fingerprint density at radius 3 is 2.06 bits per heavy atom. The molecule has 0 saturated heterocycles. The molecule has 8 nitrogen and oxygen atoms in total. The molecule has 1 N–H and O–H groups in total. The number of methoxy groups -OCH3 is 1. The maximum atomic E-state index is 12.6. The van der Waals surface area contributed by atoms with Gasteiger partial charge in [0.2, 0.25) is 0 Å². The second-order valence-electron chi connectivity index (χ2n) is 7.19. The van der Waals surface area contributed by atoms with Crippen molar-refractivity contribution in [2.24, 2.45) is 0 Å². The van der Waals surface area contributed by atoms with Gasteiger partial charge in [-0.1, -0.05) is 60.7 Å². The molecular formula is C26H21N3O5. The van der Waals surface area contributed by atoms with Gasteiger partial charge < -0.3 is 14.8 Å². The minimum atomic E-state index is -0.808. The van der Waals surface area contributed by atoms with Gasteiger partial charge >= 0.3 is 11.9 Å². The Morgan fingerprint density at radius 2 is 1.41 bits per heavy atom. The molecule has 3 aromatic carbocycles. The van der Waals surface area contributed by atoms with Gasteiger partial charge in [0, 0.05) is 11.6 Å². The molecule has 0 aliphatic rings. The number of nitrogens with one attached hydrogen (secondary N) is 1. The van der Waals surface area contributed by atoms with Gasteiger partial charge in [-0.05, 0) is 24.3 Å². The van der Waals surface area contributed by atoms with E-state index in [2.05, 4.69) is 15.2 Å². The first-order chi connectivity index (χ1) is 16.6. The van der Waals surface area contributed by atoms with Crippen molar-refractivity contribution in [3.8, 4) is 16.9 Å². The summed E-state index contributed by atoms with van der Waals surface area (Å²) in [5, 5.41) is 7.38. The molecule has 8 heteroatoms. The summed E-state index contributed by atoms with van der Waals surface area (Å²) in [6.07, 6.45) is 0. The van der Waals surface area contributed by atoms with Crippen LogP contribution in [0.5, 0.6) is 0 Å². The van der Waals surface area contributed by atoms with Crippen LogP contribution in [-0.4, -0.2) is 41.3 Å². The standard InChI is InChI=1S/C26H21N3O5/c1-33-25(31)20-14-8-9-15-21(20)26(32)34-17-24(30)27-23-16-22(18-10-4-2-5-11-18)28-29(23)19-12-6-3-7-13-19/h2-16H,17H2,1H3,(H,27,30). The van der Waals surface area contributed by atoms with E-state index in [0.717, 1.165) is 11.3 Å². The van der Waals surface area contributed by atoms with Crippen LogP contribution in [0.3, 0.4) is 0 Å². The average molecular weight is 455 g/mol. The number of aromatic nitrogens is 2. The van der Waals surface area contributed by atoms with E-state index in [1.54, 1.807) is 22.9 Å². The number of rotatable bonds is 7. The molecule has 1 amide bonds. The normalized spacial score (nSPS) is 10.4. The lowest BCUT2D eigenvalue weighted by molar-refractivity contribution is -0.119. The number of anilines is 1. The van der Waals surface area contributed by atoms with E-state index in [1.165, 1.54) is 19.2 Å². The number of esters is 2. The van der Waals surface area contributed by atoms with Gasteiger partial charge in [-0.2, -0.15) is 5.10 Å². The van der Waals surface area contributed by atoms with Gasteiger partial charge in [-0.25, -0.2) is 14.3 Å². The maximum Gasteiger partial charge on any atom is 0.339 e. The van der Waals surface area contributed by atoms with Gasteiger partial charge in [-0.3, -0.25) is 4.79 Å². The number of para-hydroxylation sites is 1. The van der Waals surface area contributed by atoms with Crippen molar-refractivity contribution in [3.05, 3.63) is 102 Å². The highest BCUT2D eigenvalue weighted by atomic mass is 16.5. The number of carbonyl (C=O) groups is 3. The molecule has 0 radical (unpaired) electrons. The summed E-state index contributed by atoms with van der Waals surface area (Å²) in [7, 11) is 1.22. The zero-order chi connectivity index (χ0) is 23.9. The van der Waals surface area contributed by atoms with Crippen molar-refractivity contribution in [3.63, 3.8) is 0 Å². The third-order valence-electron chi connectivity index (χ3n) is 4.93. The highest BCUT2D eigenvalue weighted by molar-refractivity contribution is 6.04. The zero-order valence-corrected chi connectivity index (χ0v) is 18.3. The fourth-order valence-corrected chi connectivity index (χ4v) is 3.32. The molecule has 0 unspecified atom stereocenters. The first kappa shape index (κ1) is 22.5. The summed E-state index contributed by atoms with van der Waals surface area (Å²) in [4.78, 5) is 37.0. The fourth-order valence-electron chi connectivity index (χ4n) is 3.32. The Kier molecular flexibility index (Phi) is 6.78. The molecule has 34 heavy (non-hydrogen) atoms. The summed E-state index contributed by atoms with van der Waals surface area (Å²) >= 11 is 0. The number of amides is 1. The molecule has 0 spiro atoms. The Morgan fingerprint density at radius 1 is 0.824 bits per heavy atom. The van der Waals surface area contributed by atoms with Crippen LogP contribution in [0.25, 0.3) is 16.9 Å². The van der Waals surface area contributed by atoms with Gasteiger partial charge in [-0.15, -0.1) is 0 Å². The van der Waals surface area contributed by atoms with Crippen LogP contribution in [0, 0.1) is 0 Å². The lowest BCUT2D eigenvalue weighted by Crippen LogP contribution is -2.23. The van der Waals surface area contributed by atoms with Crippen molar-refractivity contribution < 1.29 is 23.9 Å². The number of benzene rings is 3. The fraction of sp³-hybridized carbons (Fsp3) is 0.0769. The minimum Gasteiger partial charge on any atom is -0.465 e. The van der Waals surface area contributed by atoms with Crippen molar-refractivity contribution in [2.45, 2.75) is 0 Å². The van der Waals surface area contributed by atoms with Gasteiger partial charge in [0.15, 0.2) is 6.61 Å². The molecule has 0 fully saturated rings. The molecule has 0 saturated carbocycles. The number of carbonyl (C=O) groups excluding carboxylic acids is 3. The van der Waals surface area contributed by atoms with Crippen molar-refractivity contribution >= 4 is 23.7 Å². The lowest BCUT2D eigenvalue weighted by atomic mass is 10.1. The Bertz CT molecular complexity index is 1320. The molecule has 0 aliphatic carbocycles. The maximum absolute atomic E-state index is 12.6. The predicted molar refractivity (Wildman–Crippen MR) is 126 cm³/mol. The Labute approximate surface area is 195 Å². The van der Waals surface area contributed by atoms with Crippen LogP contribution >= 0.6 is 0 Å². The van der Waals surface area contributed by atoms with Crippen molar-refractivity contribution in [1.82, 2.24) is 9.78 Å². The van der Waals surface area contributed by atoms with Crippen LogP contribution < -0.4 is 5.32 Å². The summed E-state index contributed by atoms with van der Waals surface area (Å²) in [5.41, 5.74) is 2.39. The number of hydrogen-bond acceptors (Lipinski definition) is 6. The van der Waals surface area contributed by atoms with Gasteiger partial charge in [0.1, 0.15) is 5.82 Å². The van der Waals surface area contributed by atoms with Crippen LogP contribution in [-0.2, 0) is 14.3 Å². The third-order valence-corrected chi connectivity index (χ3v) is 4.93. The summed E-state index contributed by atoms with van der Waals surface area (Å²) in [6.45, 7) is -0.547. The molecule has 1 heterocycles. The van der Waals surface area contributed by atoms with E-state index in [9.17, 15) is 14.4 Å². The number of nitrogens with zero attached hydrogens (tertiary/aromatic N) is 2. The van der Waals surface area contributed by atoms with Crippen LogP contribution in [0.4, 0.5) is 5.82 Å². The molecule has 4 rings (SSSR count). The first-order valence-electron chi connectivity index (χ1n) is 10.4. The van der Waals surface area contributed by atoms with E-state index in [4.69, 9.17) is 4.74 Å². The highest BCUT2D eigenvalue weighted by Gasteiger charge is 2.20. The summed E-state index contributed by atoms with van der Waals surface area (Å²) < 4.78 is 11.4. The van der Waals surface area contributed by atoms with E-state index in [0.29, 0.717) is 11.5 Å². The Hall–Kier alpha value is -4.72. The largest absolute Gasteiger partial charge is 0.465 e. The van der Waals surface area contributed by atoms with E-state index >= 15 is 0 Å². The van der Waals surface area contributed by atoms with Crippen molar-refractivity contribution in [1.29, 1.82) is 0 Å². The Balaban J connectivity index is 1.52. The molecule has 4 aromatic rings. The van der Waals surface area contributed by atoms with Crippen molar-refractivity contribution in [2.75, 3.05) is 19.0 Å². The highest BCUT2D eigenvalue weighted by Crippen LogP contribution is 2.24. The number of hydrogen-bond donors (Lipinski definition) is 1. The van der Waals surface area contributed by atoms with E-state index in [-0.39, 0.29) is 11.1 Å².